The number of hydrogen-bond donors (Lipinski definition) is 2. The van der Waals surface area contributed by atoms with E-state index in [9.17, 15) is 18.7 Å². The molecule has 0 aromatic heterocycles. The van der Waals surface area contributed by atoms with Crippen molar-refractivity contribution in [2.75, 3.05) is 0 Å². The molecule has 2 atom stereocenters. The van der Waals surface area contributed by atoms with Gasteiger partial charge >= 0.3 is 6.61 Å². The number of carbonyl (C=O) groups excluding carboxylic acids is 1. The van der Waals surface area contributed by atoms with Gasteiger partial charge in [0.2, 0.25) is 5.91 Å². The van der Waals surface area contributed by atoms with Gasteiger partial charge in [0.15, 0.2) is 0 Å². The minimum atomic E-state index is -2.84. The van der Waals surface area contributed by atoms with Gasteiger partial charge in [0, 0.05) is 13.0 Å². The van der Waals surface area contributed by atoms with Gasteiger partial charge in [-0.1, -0.05) is 12.1 Å². The highest BCUT2D eigenvalue weighted by Gasteiger charge is 2.57. The van der Waals surface area contributed by atoms with Crippen LogP contribution in [0.3, 0.4) is 0 Å². The normalized spacial score (nSPS) is 34.9. The molecule has 0 heterocycles. The Morgan fingerprint density at radius 1 is 1.19 bits per heavy atom. The zero-order valence-corrected chi connectivity index (χ0v) is 14.7. The van der Waals surface area contributed by atoms with E-state index in [4.69, 9.17) is 0 Å². The van der Waals surface area contributed by atoms with E-state index in [0.717, 1.165) is 37.7 Å². The van der Waals surface area contributed by atoms with E-state index < -0.39 is 12.2 Å². The molecule has 2 N–H and O–H groups in total. The van der Waals surface area contributed by atoms with Crippen LogP contribution in [0.15, 0.2) is 24.3 Å². The molecule has 4 nitrogen and oxygen atoms in total. The summed E-state index contributed by atoms with van der Waals surface area (Å²) in [6, 6.07) is 6.29. The highest BCUT2D eigenvalue weighted by atomic mass is 19.3. The van der Waals surface area contributed by atoms with Crippen LogP contribution in [0.2, 0.25) is 0 Å². The lowest BCUT2D eigenvalue weighted by molar-refractivity contribution is -0.169. The number of carbonyl (C=O) groups is 1. The van der Waals surface area contributed by atoms with E-state index in [1.807, 2.05) is 0 Å². The molecule has 0 aliphatic heterocycles. The maximum Gasteiger partial charge on any atom is 0.387 e. The Balaban J connectivity index is 1.32. The molecular weight excluding hydrogens is 340 g/mol. The van der Waals surface area contributed by atoms with Crippen molar-refractivity contribution in [2.24, 2.45) is 17.3 Å². The van der Waals surface area contributed by atoms with E-state index in [2.05, 4.69) is 10.1 Å². The van der Waals surface area contributed by atoms with Crippen LogP contribution in [0.4, 0.5) is 8.78 Å². The third-order valence-corrected chi connectivity index (χ3v) is 6.33. The van der Waals surface area contributed by atoms with Crippen molar-refractivity contribution in [2.45, 2.75) is 63.7 Å². The van der Waals surface area contributed by atoms with E-state index in [0.29, 0.717) is 24.8 Å². The summed E-state index contributed by atoms with van der Waals surface area (Å²) < 4.78 is 28.6. The molecular formula is C20H25F2NO3. The predicted octanol–water partition coefficient (Wildman–Crippen LogP) is 3.63. The van der Waals surface area contributed by atoms with Crippen LogP contribution < -0.4 is 10.1 Å². The largest absolute Gasteiger partial charge is 0.435 e. The minimum absolute atomic E-state index is 0.00320. The van der Waals surface area contributed by atoms with Crippen LogP contribution in [0.25, 0.3) is 0 Å². The summed E-state index contributed by atoms with van der Waals surface area (Å²) in [5.74, 6) is 1.24. The molecule has 4 saturated carbocycles. The van der Waals surface area contributed by atoms with Gasteiger partial charge in [-0.25, -0.2) is 0 Å². The minimum Gasteiger partial charge on any atom is -0.435 e. The van der Waals surface area contributed by atoms with Crippen molar-refractivity contribution in [3.63, 3.8) is 0 Å². The van der Waals surface area contributed by atoms with Crippen molar-refractivity contribution in [1.82, 2.24) is 5.32 Å². The summed E-state index contributed by atoms with van der Waals surface area (Å²) in [4.78, 5) is 12.5. The van der Waals surface area contributed by atoms with Gasteiger partial charge in [0.05, 0.1) is 5.60 Å². The maximum absolute atomic E-state index is 12.5. The molecule has 0 radical (unpaired) electrons. The molecule has 1 aromatic carbocycles. The number of hydrogen-bond acceptors (Lipinski definition) is 3. The SMILES string of the molecule is O=C(CC12C[C@H]3C[C@@H](CC(O)(C3)C1)C2)NCc1ccc(OC(F)F)cc1. The van der Waals surface area contributed by atoms with Crippen molar-refractivity contribution in [3.05, 3.63) is 29.8 Å². The van der Waals surface area contributed by atoms with Crippen molar-refractivity contribution in [3.8, 4) is 5.75 Å². The van der Waals surface area contributed by atoms with Crippen molar-refractivity contribution < 1.29 is 23.4 Å². The fourth-order valence-corrected chi connectivity index (χ4v) is 6.00. The van der Waals surface area contributed by atoms with Crippen LogP contribution in [0.1, 0.15) is 50.5 Å². The molecule has 5 rings (SSSR count). The second-order valence-corrected chi connectivity index (χ2v) is 8.66. The van der Waals surface area contributed by atoms with Crippen LogP contribution in [-0.4, -0.2) is 23.2 Å². The van der Waals surface area contributed by atoms with Gasteiger partial charge < -0.3 is 15.2 Å². The zero-order valence-electron chi connectivity index (χ0n) is 14.7. The fourth-order valence-electron chi connectivity index (χ4n) is 6.00. The van der Waals surface area contributed by atoms with E-state index >= 15 is 0 Å². The first kappa shape index (κ1) is 17.7. The van der Waals surface area contributed by atoms with Crippen molar-refractivity contribution in [1.29, 1.82) is 0 Å². The number of alkyl halides is 2. The number of amides is 1. The lowest BCUT2D eigenvalue weighted by atomic mass is 9.47. The number of halogens is 2. The van der Waals surface area contributed by atoms with E-state index in [1.165, 1.54) is 18.6 Å². The Labute approximate surface area is 151 Å². The van der Waals surface area contributed by atoms with Gasteiger partial charge in [-0.3, -0.25) is 4.79 Å². The van der Waals surface area contributed by atoms with Crippen LogP contribution in [0, 0.1) is 17.3 Å². The second kappa shape index (κ2) is 6.48. The summed E-state index contributed by atoms with van der Waals surface area (Å²) in [5.41, 5.74) is 0.243. The predicted molar refractivity (Wildman–Crippen MR) is 91.6 cm³/mol. The van der Waals surface area contributed by atoms with Crippen molar-refractivity contribution >= 4 is 5.91 Å². The van der Waals surface area contributed by atoms with Gasteiger partial charge in [-0.15, -0.1) is 0 Å². The summed E-state index contributed by atoms with van der Waals surface area (Å²) in [6.07, 6.45) is 6.34. The number of benzene rings is 1. The number of nitrogens with one attached hydrogen (secondary N) is 1. The number of rotatable bonds is 6. The lowest BCUT2D eigenvalue weighted by Gasteiger charge is -2.60. The first-order valence-electron chi connectivity index (χ1n) is 9.36. The Morgan fingerprint density at radius 2 is 1.85 bits per heavy atom. The Bertz CT molecular complexity index is 662. The Kier molecular flexibility index (Phi) is 4.41. The molecule has 26 heavy (non-hydrogen) atoms. The molecule has 142 valence electrons. The van der Waals surface area contributed by atoms with Gasteiger partial charge in [-0.05, 0) is 73.5 Å². The zero-order chi connectivity index (χ0) is 18.4. The fraction of sp³-hybridized carbons (Fsp3) is 0.650. The average Bonchev–Trinajstić information content (AvgIpc) is 2.51. The van der Waals surface area contributed by atoms with E-state index in [-0.39, 0.29) is 17.1 Å². The summed E-state index contributed by atoms with van der Waals surface area (Å²) in [6.45, 7) is -2.48. The first-order chi connectivity index (χ1) is 12.3. The van der Waals surface area contributed by atoms with Crippen LogP contribution >= 0.6 is 0 Å². The average molecular weight is 365 g/mol. The van der Waals surface area contributed by atoms with E-state index in [1.54, 1.807) is 12.1 Å². The molecule has 0 saturated heterocycles. The first-order valence-corrected chi connectivity index (χ1v) is 9.36. The standard InChI is InChI=1S/C20H25F2NO3/c21-18(22)26-16-3-1-13(2-4-16)11-23-17(24)10-19-6-14-5-15(7-19)9-20(25,8-14)12-19/h1-4,14-15,18,25H,5-12H2,(H,23,24)/t14-,15-,19?,20?/m1/s1. The quantitative estimate of drug-likeness (QED) is 0.809. The molecule has 4 bridgehead atoms. The summed E-state index contributed by atoms with van der Waals surface area (Å²) in [5, 5.41) is 13.7. The monoisotopic (exact) mass is 365 g/mol. The molecule has 0 spiro atoms. The van der Waals surface area contributed by atoms with Crippen LogP contribution in [-0.2, 0) is 11.3 Å². The summed E-state index contributed by atoms with van der Waals surface area (Å²) >= 11 is 0. The smallest absolute Gasteiger partial charge is 0.387 e. The molecule has 4 fully saturated rings. The summed E-state index contributed by atoms with van der Waals surface area (Å²) in [7, 11) is 0. The highest BCUT2D eigenvalue weighted by Crippen LogP contribution is 2.62. The Morgan fingerprint density at radius 3 is 2.42 bits per heavy atom. The number of aliphatic hydroxyl groups is 1. The van der Waals surface area contributed by atoms with Crippen LogP contribution in [0.5, 0.6) is 5.75 Å². The third-order valence-electron chi connectivity index (χ3n) is 6.33. The topological polar surface area (TPSA) is 58.6 Å². The number of ether oxygens (including phenoxy) is 1. The van der Waals surface area contributed by atoms with Gasteiger partial charge in [-0.2, -0.15) is 8.78 Å². The lowest BCUT2D eigenvalue weighted by Crippen LogP contribution is -2.56. The van der Waals surface area contributed by atoms with Gasteiger partial charge in [0.25, 0.3) is 0 Å². The second-order valence-electron chi connectivity index (χ2n) is 8.66. The molecule has 0 unspecified atom stereocenters. The molecule has 1 aromatic rings. The molecule has 1 amide bonds. The molecule has 4 aliphatic rings. The molecule has 6 heteroatoms. The molecule has 4 aliphatic carbocycles. The maximum atomic E-state index is 12.5. The van der Waals surface area contributed by atoms with Gasteiger partial charge in [0.1, 0.15) is 5.75 Å². The highest BCUT2D eigenvalue weighted by molar-refractivity contribution is 5.76. The Hall–Kier alpha value is -1.69. The third kappa shape index (κ3) is 3.70.